The molecule has 0 aliphatic carbocycles. The number of anilines is 1. The van der Waals surface area contributed by atoms with Crippen molar-refractivity contribution in [2.45, 2.75) is 38.0 Å². The number of aromatic nitrogens is 6. The van der Waals surface area contributed by atoms with Gasteiger partial charge < -0.3 is 14.2 Å². The standard InChI is InChI=1S/C27H33F2N9O2S/c1-41(2,39)37-13-10-34(11-14-37)9-12-35-17-30-22-24(35)32-27(36-15-18-7-8-19(16-36)40-18)33-25(22)38-21-6-4-3-5-20(21)31-26(38)23(28)29/h3-6,17-19,23H,1,7-16H2,2H3. The van der Waals surface area contributed by atoms with Crippen LogP contribution in [-0.4, -0.2) is 113 Å². The van der Waals surface area contributed by atoms with Gasteiger partial charge in [0, 0.05) is 68.3 Å². The van der Waals surface area contributed by atoms with Gasteiger partial charge in [0.1, 0.15) is 0 Å². The van der Waals surface area contributed by atoms with Crippen LogP contribution in [0.5, 0.6) is 0 Å². The van der Waals surface area contributed by atoms with E-state index in [1.807, 2.05) is 8.87 Å². The van der Waals surface area contributed by atoms with E-state index in [9.17, 15) is 13.0 Å². The second kappa shape index (κ2) is 10.3. The summed E-state index contributed by atoms with van der Waals surface area (Å²) >= 11 is 0. The highest BCUT2D eigenvalue weighted by Crippen LogP contribution is 2.33. The van der Waals surface area contributed by atoms with Crippen molar-refractivity contribution in [1.82, 2.24) is 38.3 Å². The smallest absolute Gasteiger partial charge is 0.296 e. The Bertz CT molecular complexity index is 1690. The Balaban J connectivity index is 1.28. The van der Waals surface area contributed by atoms with Gasteiger partial charge in [-0.25, -0.2) is 23.1 Å². The largest absolute Gasteiger partial charge is 0.371 e. The van der Waals surface area contributed by atoms with Crippen molar-refractivity contribution in [2.24, 2.45) is 0 Å². The Labute approximate surface area is 236 Å². The summed E-state index contributed by atoms with van der Waals surface area (Å²) < 4.78 is 52.4. The number of rotatable bonds is 7. The molecule has 11 nitrogen and oxygen atoms in total. The van der Waals surface area contributed by atoms with Gasteiger partial charge in [-0.3, -0.25) is 13.7 Å². The maximum absolute atomic E-state index is 14.3. The van der Waals surface area contributed by atoms with Crippen molar-refractivity contribution in [3.63, 3.8) is 0 Å². The molecule has 3 aliphatic heterocycles. The number of para-hydroxylation sites is 2. The van der Waals surface area contributed by atoms with Gasteiger partial charge >= 0.3 is 0 Å². The molecule has 3 atom stereocenters. The summed E-state index contributed by atoms with van der Waals surface area (Å²) in [5.41, 5.74) is 2.05. The Morgan fingerprint density at radius 1 is 1.05 bits per heavy atom. The first-order valence-electron chi connectivity index (χ1n) is 13.9. The number of fused-ring (bicyclic) bond motifs is 4. The Kier molecular flexibility index (Phi) is 6.68. The Morgan fingerprint density at radius 3 is 2.49 bits per heavy atom. The topological polar surface area (TPSA) is 97.4 Å². The second-order valence-corrected chi connectivity index (χ2v) is 13.6. The van der Waals surface area contributed by atoms with Crippen LogP contribution in [-0.2, 0) is 21.0 Å². The summed E-state index contributed by atoms with van der Waals surface area (Å²) in [6.45, 7) is 5.62. The van der Waals surface area contributed by atoms with Crippen molar-refractivity contribution in [3.05, 3.63) is 36.4 Å². The monoisotopic (exact) mass is 585 g/mol. The van der Waals surface area contributed by atoms with E-state index in [0.717, 1.165) is 32.5 Å². The fraction of sp³-hybridized carbons (Fsp3) is 0.519. The van der Waals surface area contributed by atoms with Crippen LogP contribution >= 0.6 is 0 Å². The molecule has 6 heterocycles. The van der Waals surface area contributed by atoms with Crippen molar-refractivity contribution in [3.8, 4) is 5.82 Å². The molecule has 0 N–H and O–H groups in total. The lowest BCUT2D eigenvalue weighted by molar-refractivity contribution is 0.0299. The van der Waals surface area contributed by atoms with E-state index in [4.69, 9.17) is 14.7 Å². The van der Waals surface area contributed by atoms with E-state index >= 15 is 0 Å². The average molecular weight is 586 g/mol. The highest BCUT2D eigenvalue weighted by atomic mass is 32.2. The van der Waals surface area contributed by atoms with E-state index in [0.29, 0.717) is 66.7 Å². The van der Waals surface area contributed by atoms with E-state index in [1.165, 1.54) is 4.57 Å². The zero-order valence-electron chi connectivity index (χ0n) is 22.9. The SMILES string of the molecule is C=S(C)(=O)N1CCN(CCn2cnc3c(-n4c(C(F)F)nc5ccccc54)nc(N4CC5CCC(C4)O5)nc32)CC1. The van der Waals surface area contributed by atoms with E-state index in [1.54, 1.807) is 36.8 Å². The van der Waals surface area contributed by atoms with Crippen LogP contribution in [0.3, 0.4) is 0 Å². The maximum Gasteiger partial charge on any atom is 0.296 e. The summed E-state index contributed by atoms with van der Waals surface area (Å²) in [5.74, 6) is 4.22. The van der Waals surface area contributed by atoms with Crippen LogP contribution in [0.2, 0.25) is 0 Å². The fourth-order valence-corrected chi connectivity index (χ4v) is 7.10. The molecule has 41 heavy (non-hydrogen) atoms. The van der Waals surface area contributed by atoms with Crippen LogP contribution in [0.4, 0.5) is 14.7 Å². The van der Waals surface area contributed by atoms with Crippen molar-refractivity contribution >= 4 is 43.7 Å². The van der Waals surface area contributed by atoms with Crippen molar-refractivity contribution in [2.75, 3.05) is 57.0 Å². The number of alkyl halides is 2. The normalized spacial score (nSPS) is 23.7. The van der Waals surface area contributed by atoms with Crippen molar-refractivity contribution < 1.29 is 17.7 Å². The molecule has 0 radical (unpaired) electrons. The number of hydrogen-bond acceptors (Lipinski definition) is 8. The predicted octanol–water partition coefficient (Wildman–Crippen LogP) is 2.35. The third kappa shape index (κ3) is 4.96. The molecule has 0 saturated carbocycles. The van der Waals surface area contributed by atoms with Gasteiger partial charge in [-0.1, -0.05) is 12.1 Å². The molecule has 14 heteroatoms. The molecule has 7 rings (SSSR count). The van der Waals surface area contributed by atoms with Crippen LogP contribution in [0.25, 0.3) is 28.0 Å². The number of piperazine rings is 1. The molecule has 0 spiro atoms. The Morgan fingerprint density at radius 2 is 1.78 bits per heavy atom. The number of benzene rings is 1. The van der Waals surface area contributed by atoms with Gasteiger partial charge in [0.2, 0.25) is 5.95 Å². The van der Waals surface area contributed by atoms with E-state index < -0.39 is 16.1 Å². The molecule has 0 amide bonds. The second-order valence-electron chi connectivity index (χ2n) is 11.1. The molecule has 3 fully saturated rings. The van der Waals surface area contributed by atoms with Gasteiger partial charge in [-0.2, -0.15) is 9.97 Å². The number of imidazole rings is 2. The number of ether oxygens (including phenoxy) is 1. The molecule has 3 unspecified atom stereocenters. The molecule has 3 aromatic heterocycles. The lowest BCUT2D eigenvalue weighted by atomic mass is 10.2. The molecule has 3 saturated heterocycles. The minimum absolute atomic E-state index is 0.113. The molecule has 3 aliphatic rings. The number of hydrogen-bond donors (Lipinski definition) is 0. The van der Waals surface area contributed by atoms with Crippen LogP contribution in [0.15, 0.2) is 30.6 Å². The van der Waals surface area contributed by atoms with Gasteiger partial charge in [-0.15, -0.1) is 0 Å². The zero-order valence-corrected chi connectivity index (χ0v) is 23.7. The number of halogens is 2. The van der Waals surface area contributed by atoms with Gasteiger partial charge in [0.15, 0.2) is 22.8 Å². The summed E-state index contributed by atoms with van der Waals surface area (Å²) in [6, 6.07) is 7.08. The molecule has 218 valence electrons. The molecule has 1 aromatic carbocycles. The van der Waals surface area contributed by atoms with Crippen molar-refractivity contribution in [1.29, 1.82) is 0 Å². The lowest BCUT2D eigenvalue weighted by Crippen LogP contribution is -2.48. The quantitative estimate of drug-likeness (QED) is 0.305. The molecular weight excluding hydrogens is 552 g/mol. The van der Waals surface area contributed by atoms with Gasteiger partial charge in [0.25, 0.3) is 6.43 Å². The number of morpholine rings is 1. The summed E-state index contributed by atoms with van der Waals surface area (Å²) in [7, 11) is -2.21. The van der Waals surface area contributed by atoms with Crippen LogP contribution < -0.4 is 4.90 Å². The summed E-state index contributed by atoms with van der Waals surface area (Å²) in [4.78, 5) is 23.1. The molecule has 2 bridgehead atoms. The fourth-order valence-electron chi connectivity index (χ4n) is 6.16. The lowest BCUT2D eigenvalue weighted by Gasteiger charge is -2.35. The average Bonchev–Trinajstić information content (AvgIpc) is 3.65. The summed E-state index contributed by atoms with van der Waals surface area (Å²) in [6.07, 6.45) is 2.80. The first-order chi connectivity index (χ1) is 19.7. The highest BCUT2D eigenvalue weighted by molar-refractivity contribution is 7.97. The minimum atomic E-state index is -2.80. The number of nitrogens with zero attached hydrogens (tertiary/aromatic N) is 9. The highest BCUT2D eigenvalue weighted by Gasteiger charge is 2.36. The zero-order chi connectivity index (χ0) is 28.3. The summed E-state index contributed by atoms with van der Waals surface area (Å²) in [5, 5.41) is 0. The Hall–Kier alpha value is -3.20. The van der Waals surface area contributed by atoms with Gasteiger partial charge in [-0.05, 0) is 30.8 Å². The third-order valence-corrected chi connectivity index (χ3v) is 9.75. The minimum Gasteiger partial charge on any atom is -0.371 e. The van der Waals surface area contributed by atoms with E-state index in [-0.39, 0.29) is 18.0 Å². The maximum atomic E-state index is 14.3. The molecular formula is C27H33F2N9O2S. The first-order valence-corrected chi connectivity index (χ1v) is 16.0. The van der Waals surface area contributed by atoms with E-state index in [2.05, 4.69) is 25.6 Å². The third-order valence-electron chi connectivity index (χ3n) is 8.29. The van der Waals surface area contributed by atoms with Gasteiger partial charge in [0.05, 0.1) is 29.6 Å². The first kappa shape index (κ1) is 26.7. The van der Waals surface area contributed by atoms with Crippen LogP contribution in [0.1, 0.15) is 25.1 Å². The molecule has 4 aromatic rings. The van der Waals surface area contributed by atoms with Crippen LogP contribution in [0, 0.1) is 0 Å². The predicted molar refractivity (Wildman–Crippen MR) is 154 cm³/mol.